The quantitative estimate of drug-likeness (QED) is 0.752. The number of halogens is 3. The van der Waals surface area contributed by atoms with Gasteiger partial charge in [-0.2, -0.15) is 13.2 Å². The highest BCUT2D eigenvalue weighted by molar-refractivity contribution is 5.75. The molecule has 0 radical (unpaired) electrons. The minimum atomic E-state index is -4.75. The van der Waals surface area contributed by atoms with Crippen LogP contribution in [0.4, 0.5) is 13.2 Å². The Labute approximate surface area is 145 Å². The molecule has 3 aromatic rings. The molecule has 0 fully saturated rings. The lowest BCUT2D eigenvalue weighted by Gasteiger charge is -2.10. The Kier molecular flexibility index (Phi) is 4.79. The zero-order chi connectivity index (χ0) is 18.7. The minimum absolute atomic E-state index is 0.260. The third-order valence-corrected chi connectivity index (χ3v) is 3.76. The molecule has 0 spiro atoms. The van der Waals surface area contributed by atoms with Crippen molar-refractivity contribution in [1.29, 1.82) is 0 Å². The molecule has 1 amide bonds. The zero-order valence-electron chi connectivity index (χ0n) is 13.5. The molecule has 0 aliphatic carbocycles. The van der Waals surface area contributed by atoms with Gasteiger partial charge in [-0.25, -0.2) is 4.98 Å². The molecule has 0 atom stereocenters. The molecule has 0 aliphatic rings. The van der Waals surface area contributed by atoms with E-state index in [4.69, 9.17) is 0 Å². The highest BCUT2D eigenvalue weighted by atomic mass is 19.4. The van der Waals surface area contributed by atoms with Crippen molar-refractivity contribution < 1.29 is 18.0 Å². The maximum Gasteiger partial charge on any atom is 0.421 e. The van der Waals surface area contributed by atoms with Crippen molar-refractivity contribution >= 4 is 11.6 Å². The summed E-state index contributed by atoms with van der Waals surface area (Å²) in [7, 11) is 0. The molecule has 3 aromatic heterocycles. The van der Waals surface area contributed by atoms with Gasteiger partial charge in [0, 0.05) is 31.6 Å². The van der Waals surface area contributed by atoms with Crippen LogP contribution in [0.1, 0.15) is 11.3 Å². The van der Waals surface area contributed by atoms with Gasteiger partial charge in [0.05, 0.1) is 5.69 Å². The van der Waals surface area contributed by atoms with Crippen LogP contribution in [-0.4, -0.2) is 26.4 Å². The number of alkyl halides is 3. The van der Waals surface area contributed by atoms with Gasteiger partial charge in [-0.05, 0) is 24.3 Å². The molecular weight excluding hydrogens is 349 g/mol. The van der Waals surface area contributed by atoms with Gasteiger partial charge in [-0.3, -0.25) is 9.59 Å². The second-order valence-electron chi connectivity index (χ2n) is 5.65. The summed E-state index contributed by atoms with van der Waals surface area (Å²) in [6.07, 6.45) is 0.549. The van der Waals surface area contributed by atoms with Crippen molar-refractivity contribution in [3.8, 4) is 0 Å². The number of fused-ring (bicyclic) bond motifs is 1. The summed E-state index contributed by atoms with van der Waals surface area (Å²) >= 11 is 0. The molecule has 0 aromatic carbocycles. The molecule has 0 saturated carbocycles. The molecule has 26 heavy (non-hydrogen) atoms. The van der Waals surface area contributed by atoms with E-state index in [-0.39, 0.29) is 6.54 Å². The average Bonchev–Trinajstić information content (AvgIpc) is 2.98. The number of amides is 1. The largest absolute Gasteiger partial charge is 0.421 e. The van der Waals surface area contributed by atoms with Crippen LogP contribution in [0.15, 0.2) is 53.7 Å². The molecule has 6 nitrogen and oxygen atoms in total. The number of imidazole rings is 1. The maximum atomic E-state index is 12.7. The van der Waals surface area contributed by atoms with Gasteiger partial charge in [0.1, 0.15) is 17.8 Å². The summed E-state index contributed by atoms with van der Waals surface area (Å²) in [4.78, 5) is 28.1. The SMILES string of the molecule is O=C(Cn1cccc(C(F)(F)F)c1=O)NCCc1cn2ccccc2n1. The molecule has 0 aliphatic heterocycles. The predicted octanol–water partition coefficient (Wildman–Crippen LogP) is 1.87. The Morgan fingerprint density at radius 2 is 1.96 bits per heavy atom. The van der Waals surface area contributed by atoms with E-state index in [0.717, 1.165) is 28.2 Å². The van der Waals surface area contributed by atoms with Crippen LogP contribution in [0.5, 0.6) is 0 Å². The Hall–Kier alpha value is -3.10. The van der Waals surface area contributed by atoms with Crippen LogP contribution in [0.25, 0.3) is 5.65 Å². The van der Waals surface area contributed by atoms with Gasteiger partial charge in [0.15, 0.2) is 0 Å². The smallest absolute Gasteiger partial charge is 0.354 e. The normalized spacial score (nSPS) is 11.7. The fourth-order valence-electron chi connectivity index (χ4n) is 2.53. The molecule has 1 N–H and O–H groups in total. The Morgan fingerprint density at radius 1 is 1.15 bits per heavy atom. The van der Waals surface area contributed by atoms with Gasteiger partial charge in [-0.1, -0.05) is 6.07 Å². The van der Waals surface area contributed by atoms with Gasteiger partial charge in [0.25, 0.3) is 5.56 Å². The molecule has 3 heterocycles. The van der Waals surface area contributed by atoms with E-state index in [0.29, 0.717) is 12.5 Å². The van der Waals surface area contributed by atoms with Gasteiger partial charge >= 0.3 is 6.18 Å². The predicted molar refractivity (Wildman–Crippen MR) is 87.6 cm³/mol. The summed E-state index contributed by atoms with van der Waals surface area (Å²) in [5, 5.41) is 2.58. The second kappa shape index (κ2) is 7.03. The maximum absolute atomic E-state index is 12.7. The molecule has 9 heteroatoms. The first-order valence-electron chi connectivity index (χ1n) is 7.80. The van der Waals surface area contributed by atoms with Crippen molar-refractivity contribution in [2.24, 2.45) is 0 Å². The lowest BCUT2D eigenvalue weighted by atomic mass is 10.2. The molecule has 0 saturated heterocycles. The minimum Gasteiger partial charge on any atom is -0.354 e. The first kappa shape index (κ1) is 17.7. The van der Waals surface area contributed by atoms with Crippen LogP contribution in [0.3, 0.4) is 0 Å². The lowest BCUT2D eigenvalue weighted by molar-refractivity contribution is -0.139. The van der Waals surface area contributed by atoms with Crippen LogP contribution in [0, 0.1) is 0 Å². The van der Waals surface area contributed by atoms with Crippen LogP contribution < -0.4 is 10.9 Å². The molecule has 136 valence electrons. The van der Waals surface area contributed by atoms with Crippen LogP contribution >= 0.6 is 0 Å². The monoisotopic (exact) mass is 364 g/mol. The summed E-state index contributed by atoms with van der Waals surface area (Å²) < 4.78 is 40.8. The summed E-state index contributed by atoms with van der Waals surface area (Å²) in [6, 6.07) is 7.37. The average molecular weight is 364 g/mol. The van der Waals surface area contributed by atoms with E-state index in [1.165, 1.54) is 0 Å². The van der Waals surface area contributed by atoms with E-state index >= 15 is 0 Å². The van der Waals surface area contributed by atoms with Crippen molar-refractivity contribution in [2.75, 3.05) is 6.54 Å². The number of pyridine rings is 2. The number of hydrogen-bond acceptors (Lipinski definition) is 3. The first-order chi connectivity index (χ1) is 12.3. The van der Waals surface area contributed by atoms with E-state index in [9.17, 15) is 22.8 Å². The summed E-state index contributed by atoms with van der Waals surface area (Å²) in [6.45, 7) is -0.218. The fourth-order valence-corrected chi connectivity index (χ4v) is 2.53. The van der Waals surface area contributed by atoms with Gasteiger partial charge in [0.2, 0.25) is 5.91 Å². The van der Waals surface area contributed by atoms with Gasteiger partial charge in [-0.15, -0.1) is 0 Å². The van der Waals surface area contributed by atoms with E-state index in [2.05, 4.69) is 10.3 Å². The number of rotatable bonds is 5. The van der Waals surface area contributed by atoms with Crippen LogP contribution in [0.2, 0.25) is 0 Å². The van der Waals surface area contributed by atoms with E-state index in [1.54, 1.807) is 0 Å². The second-order valence-corrected chi connectivity index (χ2v) is 5.65. The summed E-state index contributed by atoms with van der Waals surface area (Å²) in [5.74, 6) is -0.546. The van der Waals surface area contributed by atoms with Crippen molar-refractivity contribution in [2.45, 2.75) is 19.1 Å². The number of carbonyl (C=O) groups is 1. The van der Waals surface area contributed by atoms with E-state index in [1.807, 2.05) is 35.0 Å². The molecule has 3 rings (SSSR count). The highest BCUT2D eigenvalue weighted by Crippen LogP contribution is 2.25. The number of nitrogens with one attached hydrogen (secondary N) is 1. The molecular formula is C17H15F3N4O2. The van der Waals surface area contributed by atoms with Crippen LogP contribution in [-0.2, 0) is 23.9 Å². The zero-order valence-corrected chi connectivity index (χ0v) is 13.5. The van der Waals surface area contributed by atoms with Crippen molar-refractivity contribution in [3.63, 3.8) is 0 Å². The Morgan fingerprint density at radius 3 is 2.69 bits per heavy atom. The summed E-state index contributed by atoms with van der Waals surface area (Å²) in [5.41, 5.74) is -0.981. The third kappa shape index (κ3) is 3.93. The topological polar surface area (TPSA) is 68.4 Å². The number of nitrogens with zero attached hydrogens (tertiary/aromatic N) is 3. The van der Waals surface area contributed by atoms with Crippen molar-refractivity contribution in [3.05, 3.63) is 70.5 Å². The molecule has 0 bridgehead atoms. The Bertz CT molecular complexity index is 958. The van der Waals surface area contributed by atoms with Crippen molar-refractivity contribution in [1.82, 2.24) is 19.3 Å². The number of carbonyl (C=O) groups excluding carboxylic acids is 1. The highest BCUT2D eigenvalue weighted by Gasteiger charge is 2.34. The number of aromatic nitrogens is 3. The molecule has 0 unspecified atom stereocenters. The lowest BCUT2D eigenvalue weighted by Crippen LogP contribution is -2.35. The third-order valence-electron chi connectivity index (χ3n) is 3.76. The van der Waals surface area contributed by atoms with Gasteiger partial charge < -0.3 is 14.3 Å². The first-order valence-corrected chi connectivity index (χ1v) is 7.80. The fraction of sp³-hybridized carbons (Fsp3) is 0.235. The standard InChI is InChI=1S/C17H15F3N4O2/c18-17(19,20)13-4-3-9-24(16(13)26)11-15(25)21-7-6-12-10-23-8-2-1-5-14(23)22-12/h1-5,8-10H,6-7,11H2,(H,21,25). The van der Waals surface area contributed by atoms with E-state index < -0.39 is 29.8 Å². The number of hydrogen-bond donors (Lipinski definition) is 1. The Balaban J connectivity index is 1.58.